The van der Waals surface area contributed by atoms with Crippen molar-refractivity contribution in [3.8, 4) is 6.07 Å². The molecule has 0 saturated heterocycles. The summed E-state index contributed by atoms with van der Waals surface area (Å²) in [6.45, 7) is 3.42. The monoisotopic (exact) mass is 233 g/mol. The average Bonchev–Trinajstić information content (AvgIpc) is 2.86. The predicted octanol–water partition coefficient (Wildman–Crippen LogP) is 1.86. The number of carbonyl (C=O) groups excluding carboxylic acids is 1. The SMILES string of the molecule is Cc1nc(C)c(C(=O)NC2(C#N)CCCC2)o1. The summed E-state index contributed by atoms with van der Waals surface area (Å²) in [4.78, 5) is 16.0. The smallest absolute Gasteiger partial charge is 0.290 e. The molecule has 0 unspecified atom stereocenters. The van der Waals surface area contributed by atoms with Gasteiger partial charge in [-0.25, -0.2) is 4.98 Å². The van der Waals surface area contributed by atoms with Gasteiger partial charge in [-0.1, -0.05) is 0 Å². The van der Waals surface area contributed by atoms with Gasteiger partial charge >= 0.3 is 0 Å². The Labute approximate surface area is 99.8 Å². The molecule has 1 aromatic heterocycles. The van der Waals surface area contributed by atoms with Gasteiger partial charge in [-0.15, -0.1) is 0 Å². The van der Waals surface area contributed by atoms with E-state index in [-0.39, 0.29) is 11.7 Å². The fourth-order valence-electron chi connectivity index (χ4n) is 2.26. The molecule has 17 heavy (non-hydrogen) atoms. The second kappa shape index (κ2) is 4.21. The molecule has 0 bridgehead atoms. The summed E-state index contributed by atoms with van der Waals surface area (Å²) in [6, 6.07) is 2.21. The van der Waals surface area contributed by atoms with Crippen LogP contribution in [0.1, 0.15) is 47.8 Å². The van der Waals surface area contributed by atoms with Gasteiger partial charge in [0.2, 0.25) is 5.76 Å². The zero-order chi connectivity index (χ0) is 12.5. The summed E-state index contributed by atoms with van der Waals surface area (Å²) in [7, 11) is 0. The Morgan fingerprint density at radius 2 is 2.12 bits per heavy atom. The molecule has 1 fully saturated rings. The van der Waals surface area contributed by atoms with E-state index in [0.29, 0.717) is 24.4 Å². The number of rotatable bonds is 2. The number of hydrogen-bond acceptors (Lipinski definition) is 4. The number of nitrogens with zero attached hydrogens (tertiary/aromatic N) is 2. The lowest BCUT2D eigenvalue weighted by molar-refractivity contribution is 0.0890. The van der Waals surface area contributed by atoms with Gasteiger partial charge in [0.1, 0.15) is 5.54 Å². The van der Waals surface area contributed by atoms with Gasteiger partial charge in [0.15, 0.2) is 5.89 Å². The molecule has 1 saturated carbocycles. The Bertz CT molecular complexity index is 478. The maximum atomic E-state index is 12.0. The lowest BCUT2D eigenvalue weighted by atomic mass is 10.00. The van der Waals surface area contributed by atoms with Crippen LogP contribution < -0.4 is 5.32 Å². The fourth-order valence-corrected chi connectivity index (χ4v) is 2.26. The number of nitriles is 1. The molecule has 1 aliphatic carbocycles. The summed E-state index contributed by atoms with van der Waals surface area (Å²) in [5.41, 5.74) is -0.157. The molecule has 90 valence electrons. The third-order valence-electron chi connectivity index (χ3n) is 3.13. The van der Waals surface area contributed by atoms with Gasteiger partial charge < -0.3 is 9.73 Å². The van der Waals surface area contributed by atoms with Gasteiger partial charge in [0, 0.05) is 6.92 Å². The minimum atomic E-state index is -0.718. The van der Waals surface area contributed by atoms with Crippen LogP contribution in [0.25, 0.3) is 0 Å². The van der Waals surface area contributed by atoms with Crippen LogP contribution in [0, 0.1) is 25.2 Å². The molecule has 0 spiro atoms. The molecule has 2 rings (SSSR count). The highest BCUT2D eigenvalue weighted by atomic mass is 16.4. The van der Waals surface area contributed by atoms with Crippen molar-refractivity contribution < 1.29 is 9.21 Å². The van der Waals surface area contributed by atoms with Gasteiger partial charge in [-0.05, 0) is 32.6 Å². The minimum absolute atomic E-state index is 0.212. The molecule has 5 heteroatoms. The van der Waals surface area contributed by atoms with Gasteiger partial charge in [-0.3, -0.25) is 4.79 Å². The fraction of sp³-hybridized carbons (Fsp3) is 0.583. The molecule has 1 amide bonds. The van der Waals surface area contributed by atoms with Crippen molar-refractivity contribution in [2.75, 3.05) is 0 Å². The number of aromatic nitrogens is 1. The van der Waals surface area contributed by atoms with Crippen LogP contribution in [0.3, 0.4) is 0 Å². The first-order chi connectivity index (χ1) is 8.06. The summed E-state index contributed by atoms with van der Waals surface area (Å²) in [5, 5.41) is 12.0. The number of aryl methyl sites for hydroxylation is 2. The molecule has 5 nitrogen and oxygen atoms in total. The first-order valence-corrected chi connectivity index (χ1v) is 5.74. The van der Waals surface area contributed by atoms with Crippen LogP contribution in [0.4, 0.5) is 0 Å². The molecule has 1 N–H and O–H groups in total. The maximum absolute atomic E-state index is 12.0. The zero-order valence-corrected chi connectivity index (χ0v) is 10.0. The number of amides is 1. The van der Waals surface area contributed by atoms with E-state index in [1.807, 2.05) is 0 Å². The summed E-state index contributed by atoms with van der Waals surface area (Å²) < 4.78 is 5.24. The van der Waals surface area contributed by atoms with Gasteiger partial charge in [0.25, 0.3) is 5.91 Å². The Balaban J connectivity index is 2.17. The summed E-state index contributed by atoms with van der Waals surface area (Å²) in [5.74, 6) is 0.334. The summed E-state index contributed by atoms with van der Waals surface area (Å²) in [6.07, 6.45) is 3.37. The standard InChI is InChI=1S/C12H15N3O2/c1-8-10(17-9(2)14-8)11(16)15-12(7-13)5-3-4-6-12/h3-6H2,1-2H3,(H,15,16). The quantitative estimate of drug-likeness (QED) is 0.845. The third-order valence-corrected chi connectivity index (χ3v) is 3.13. The second-order valence-corrected chi connectivity index (χ2v) is 4.50. The molecular formula is C12H15N3O2. The third kappa shape index (κ3) is 2.16. The topological polar surface area (TPSA) is 78.9 Å². The number of oxazole rings is 1. The van der Waals surface area contributed by atoms with Crippen molar-refractivity contribution in [3.63, 3.8) is 0 Å². The van der Waals surface area contributed by atoms with Crippen LogP contribution in [-0.2, 0) is 0 Å². The molecule has 0 aliphatic heterocycles. The van der Waals surface area contributed by atoms with E-state index in [9.17, 15) is 10.1 Å². The first kappa shape index (κ1) is 11.6. The van der Waals surface area contributed by atoms with E-state index in [1.165, 1.54) is 0 Å². The van der Waals surface area contributed by atoms with Crippen molar-refractivity contribution in [1.29, 1.82) is 5.26 Å². The molecule has 0 aromatic carbocycles. The van der Waals surface area contributed by atoms with E-state index in [1.54, 1.807) is 13.8 Å². The number of hydrogen-bond donors (Lipinski definition) is 1. The molecule has 1 heterocycles. The zero-order valence-electron chi connectivity index (χ0n) is 10.0. The van der Waals surface area contributed by atoms with E-state index in [2.05, 4.69) is 16.4 Å². The van der Waals surface area contributed by atoms with Gasteiger partial charge in [-0.2, -0.15) is 5.26 Å². The maximum Gasteiger partial charge on any atom is 0.290 e. The molecule has 0 atom stereocenters. The normalized spacial score (nSPS) is 17.7. The first-order valence-electron chi connectivity index (χ1n) is 5.74. The van der Waals surface area contributed by atoms with Crippen molar-refractivity contribution >= 4 is 5.91 Å². The van der Waals surface area contributed by atoms with Crippen LogP contribution in [0.5, 0.6) is 0 Å². The Morgan fingerprint density at radius 1 is 1.47 bits per heavy atom. The molecule has 1 aliphatic rings. The lowest BCUT2D eigenvalue weighted by Crippen LogP contribution is -2.45. The van der Waals surface area contributed by atoms with E-state index < -0.39 is 5.54 Å². The molecule has 1 aromatic rings. The van der Waals surface area contributed by atoms with E-state index in [0.717, 1.165) is 12.8 Å². The Morgan fingerprint density at radius 3 is 2.59 bits per heavy atom. The Hall–Kier alpha value is -1.83. The van der Waals surface area contributed by atoms with Crippen LogP contribution in [-0.4, -0.2) is 16.4 Å². The van der Waals surface area contributed by atoms with Crippen molar-refractivity contribution in [2.24, 2.45) is 0 Å². The van der Waals surface area contributed by atoms with Crippen LogP contribution >= 0.6 is 0 Å². The minimum Gasteiger partial charge on any atom is -0.436 e. The number of carbonyl (C=O) groups is 1. The largest absolute Gasteiger partial charge is 0.436 e. The van der Waals surface area contributed by atoms with Crippen LogP contribution in [0.15, 0.2) is 4.42 Å². The molecule has 0 radical (unpaired) electrons. The van der Waals surface area contributed by atoms with E-state index in [4.69, 9.17) is 4.42 Å². The van der Waals surface area contributed by atoms with Crippen molar-refractivity contribution in [3.05, 3.63) is 17.3 Å². The lowest BCUT2D eigenvalue weighted by Gasteiger charge is -2.21. The second-order valence-electron chi connectivity index (χ2n) is 4.50. The molecular weight excluding hydrogens is 218 g/mol. The van der Waals surface area contributed by atoms with Crippen LogP contribution in [0.2, 0.25) is 0 Å². The van der Waals surface area contributed by atoms with Crippen molar-refractivity contribution in [2.45, 2.75) is 45.1 Å². The highest BCUT2D eigenvalue weighted by Gasteiger charge is 2.36. The average molecular weight is 233 g/mol. The van der Waals surface area contributed by atoms with E-state index >= 15 is 0 Å². The summed E-state index contributed by atoms with van der Waals surface area (Å²) >= 11 is 0. The number of nitrogens with one attached hydrogen (secondary N) is 1. The highest BCUT2D eigenvalue weighted by Crippen LogP contribution is 2.29. The Kier molecular flexibility index (Phi) is 2.88. The highest BCUT2D eigenvalue weighted by molar-refractivity contribution is 5.93. The van der Waals surface area contributed by atoms with Gasteiger partial charge in [0.05, 0.1) is 11.8 Å². The van der Waals surface area contributed by atoms with Crippen molar-refractivity contribution in [1.82, 2.24) is 10.3 Å². The predicted molar refractivity (Wildman–Crippen MR) is 60.3 cm³/mol.